The van der Waals surface area contributed by atoms with Gasteiger partial charge in [0.25, 0.3) is 0 Å². The summed E-state index contributed by atoms with van der Waals surface area (Å²) in [6.45, 7) is 2.41. The van der Waals surface area contributed by atoms with E-state index in [1.54, 1.807) is 0 Å². The first kappa shape index (κ1) is 6.20. The smallest absolute Gasteiger partial charge is 0.219 e. The molecule has 4 nitrogen and oxygen atoms in total. The average Bonchev–Trinajstić information content (AvgIpc) is 1.61. The first-order valence-electron chi connectivity index (χ1n) is 2.17. The maximum Gasteiger partial charge on any atom is 0.354 e. The van der Waals surface area contributed by atoms with Crippen molar-refractivity contribution in [2.75, 3.05) is 6.54 Å². The normalized spacial score (nSPS) is 8.14. The second-order valence-corrected chi connectivity index (χ2v) is 1.18. The van der Waals surface area contributed by atoms with Crippen LogP contribution in [0.25, 0.3) is 0 Å². The Morgan fingerprint density at radius 3 is 2.57 bits per heavy atom. The van der Waals surface area contributed by atoms with Gasteiger partial charge in [0.15, 0.2) is 0 Å². The van der Waals surface area contributed by atoms with Crippen LogP contribution in [-0.4, -0.2) is 16.8 Å². The molecule has 0 atom stereocenters. The number of rotatable bonds is 3. The van der Waals surface area contributed by atoms with E-state index in [-0.39, 0.29) is 5.03 Å². The van der Waals surface area contributed by atoms with Crippen LogP contribution in [0.15, 0.2) is 0 Å². The summed E-state index contributed by atoms with van der Waals surface area (Å²) in [5.41, 5.74) is 2.13. The van der Waals surface area contributed by atoms with Crippen LogP contribution in [-0.2, 0) is 0 Å². The van der Waals surface area contributed by atoms with Gasteiger partial charge in [0, 0.05) is 0 Å². The quantitative estimate of drug-likeness (QED) is 0.499. The molecule has 4 heteroatoms. The largest absolute Gasteiger partial charge is 0.354 e. The molecule has 0 unspecified atom stereocenters. The standard InChI is InChI=1S/C3H9N2O2/c1-2-3-4-5(6)7/h4H,2-3H2,1H3,(H,6,7)/q+1. The van der Waals surface area contributed by atoms with Gasteiger partial charge in [-0.05, 0) is 6.42 Å². The van der Waals surface area contributed by atoms with E-state index in [2.05, 4.69) is 5.43 Å². The van der Waals surface area contributed by atoms with Crippen molar-refractivity contribution in [3.05, 3.63) is 4.91 Å². The van der Waals surface area contributed by atoms with Crippen LogP contribution in [0.3, 0.4) is 0 Å². The Balaban J connectivity index is 2.82. The van der Waals surface area contributed by atoms with Gasteiger partial charge in [0.2, 0.25) is 0 Å². The maximum atomic E-state index is 9.56. The lowest BCUT2D eigenvalue weighted by Gasteiger charge is -1.81. The zero-order valence-electron chi connectivity index (χ0n) is 4.22. The summed E-state index contributed by atoms with van der Waals surface area (Å²) in [5, 5.41) is 7.56. The van der Waals surface area contributed by atoms with Crippen molar-refractivity contribution < 1.29 is 10.2 Å². The summed E-state index contributed by atoms with van der Waals surface area (Å²) in [6, 6.07) is 0. The molecule has 0 aromatic carbocycles. The molecule has 42 valence electrons. The molecule has 0 aliphatic heterocycles. The number of hydrazine groups is 1. The molecule has 0 aliphatic carbocycles. The Hall–Kier alpha value is -0.800. The molecule has 0 saturated carbocycles. The fraction of sp³-hybridized carbons (Fsp3) is 1.00. The summed E-state index contributed by atoms with van der Waals surface area (Å²) >= 11 is 0. The SMILES string of the molecule is CCCN[N+](=O)O. The highest BCUT2D eigenvalue weighted by molar-refractivity contribution is 4.22. The van der Waals surface area contributed by atoms with Gasteiger partial charge in [-0.3, -0.25) is 0 Å². The van der Waals surface area contributed by atoms with E-state index in [0.29, 0.717) is 6.54 Å². The van der Waals surface area contributed by atoms with Gasteiger partial charge >= 0.3 is 5.03 Å². The summed E-state index contributed by atoms with van der Waals surface area (Å²) in [5.74, 6) is 0. The van der Waals surface area contributed by atoms with Crippen molar-refractivity contribution in [1.29, 1.82) is 0 Å². The average molecular weight is 105 g/mol. The summed E-state index contributed by atoms with van der Waals surface area (Å²) in [7, 11) is 0. The van der Waals surface area contributed by atoms with E-state index in [1.807, 2.05) is 6.92 Å². The molecule has 0 aromatic heterocycles. The lowest BCUT2D eigenvalue weighted by molar-refractivity contribution is -0.832. The van der Waals surface area contributed by atoms with Crippen LogP contribution in [0.5, 0.6) is 0 Å². The molecule has 0 spiro atoms. The Morgan fingerprint density at radius 1 is 1.86 bits per heavy atom. The topological polar surface area (TPSA) is 52.3 Å². The molecule has 0 bridgehead atoms. The minimum absolute atomic E-state index is 0.288. The molecule has 0 heterocycles. The lowest BCUT2D eigenvalue weighted by Crippen LogP contribution is -2.23. The van der Waals surface area contributed by atoms with E-state index in [9.17, 15) is 4.91 Å². The third kappa shape index (κ3) is 5.20. The summed E-state index contributed by atoms with van der Waals surface area (Å²) in [4.78, 5) is 9.56. The zero-order valence-corrected chi connectivity index (χ0v) is 4.22. The van der Waals surface area contributed by atoms with Crippen LogP contribution >= 0.6 is 0 Å². The molecule has 0 aliphatic rings. The number of nitrogens with one attached hydrogen (secondary N) is 1. The van der Waals surface area contributed by atoms with Crippen LogP contribution in [0.4, 0.5) is 0 Å². The third-order valence-corrected chi connectivity index (χ3v) is 0.497. The monoisotopic (exact) mass is 105 g/mol. The van der Waals surface area contributed by atoms with E-state index in [4.69, 9.17) is 5.21 Å². The van der Waals surface area contributed by atoms with Gasteiger partial charge < -0.3 is 0 Å². The highest BCUT2D eigenvalue weighted by Crippen LogP contribution is 1.65. The van der Waals surface area contributed by atoms with E-state index < -0.39 is 0 Å². The highest BCUT2D eigenvalue weighted by atomic mass is 16.7. The molecule has 0 saturated heterocycles. The van der Waals surface area contributed by atoms with Crippen molar-refractivity contribution in [2.45, 2.75) is 13.3 Å². The highest BCUT2D eigenvalue weighted by Gasteiger charge is 1.94. The van der Waals surface area contributed by atoms with Crippen LogP contribution < -0.4 is 5.43 Å². The van der Waals surface area contributed by atoms with Gasteiger partial charge in [0.1, 0.15) is 4.91 Å². The Kier molecular flexibility index (Phi) is 3.00. The van der Waals surface area contributed by atoms with Crippen molar-refractivity contribution >= 4 is 0 Å². The fourth-order valence-corrected chi connectivity index (χ4v) is 0.207. The first-order chi connectivity index (χ1) is 3.27. The fourth-order valence-electron chi connectivity index (χ4n) is 0.207. The van der Waals surface area contributed by atoms with E-state index >= 15 is 0 Å². The Labute approximate surface area is 41.6 Å². The van der Waals surface area contributed by atoms with E-state index in [0.717, 1.165) is 6.42 Å². The molecule has 0 fully saturated rings. The van der Waals surface area contributed by atoms with Crippen molar-refractivity contribution in [3.63, 3.8) is 0 Å². The molecule has 0 amide bonds. The van der Waals surface area contributed by atoms with Crippen molar-refractivity contribution in [3.8, 4) is 0 Å². The maximum absolute atomic E-state index is 9.56. The predicted octanol–water partition coefficient (Wildman–Crippen LogP) is 0.0691. The number of hydrogen-bond acceptors (Lipinski definition) is 1. The zero-order chi connectivity index (χ0) is 5.70. The Bertz CT molecular complexity index is 64.0. The molecular weight excluding hydrogens is 96.0 g/mol. The van der Waals surface area contributed by atoms with Gasteiger partial charge in [-0.2, -0.15) is 0 Å². The second-order valence-electron chi connectivity index (χ2n) is 1.18. The van der Waals surface area contributed by atoms with Gasteiger partial charge in [-0.25, -0.2) is 5.21 Å². The van der Waals surface area contributed by atoms with Crippen LogP contribution in [0.2, 0.25) is 0 Å². The van der Waals surface area contributed by atoms with Crippen LogP contribution in [0, 0.1) is 4.91 Å². The molecule has 0 radical (unpaired) electrons. The van der Waals surface area contributed by atoms with Gasteiger partial charge in [0.05, 0.1) is 6.54 Å². The van der Waals surface area contributed by atoms with Gasteiger partial charge in [-0.1, -0.05) is 6.92 Å². The van der Waals surface area contributed by atoms with Crippen molar-refractivity contribution in [1.82, 2.24) is 5.43 Å². The van der Waals surface area contributed by atoms with Crippen molar-refractivity contribution in [2.24, 2.45) is 0 Å². The number of nitrogens with zero attached hydrogens (tertiary/aromatic N) is 1. The third-order valence-electron chi connectivity index (χ3n) is 0.497. The lowest BCUT2D eigenvalue weighted by atomic mass is 10.5. The molecule has 7 heavy (non-hydrogen) atoms. The summed E-state index contributed by atoms with van der Waals surface area (Å²) in [6.07, 6.45) is 0.833. The first-order valence-corrected chi connectivity index (χ1v) is 2.17. The van der Waals surface area contributed by atoms with E-state index in [1.165, 1.54) is 0 Å². The minimum atomic E-state index is -0.288. The predicted molar refractivity (Wildman–Crippen MR) is 23.7 cm³/mol. The molecular formula is C3H9N2O2+. The van der Waals surface area contributed by atoms with Crippen LogP contribution in [0.1, 0.15) is 13.3 Å². The Morgan fingerprint density at radius 2 is 2.43 bits per heavy atom. The molecule has 0 aromatic rings. The molecule has 2 N–H and O–H groups in total. The number of hydrogen-bond donors (Lipinski definition) is 2. The van der Waals surface area contributed by atoms with Gasteiger partial charge in [-0.15, -0.1) is 5.43 Å². The minimum Gasteiger partial charge on any atom is -0.219 e. The molecule has 0 rings (SSSR count). The summed E-state index contributed by atoms with van der Waals surface area (Å²) < 4.78 is 0. The second kappa shape index (κ2) is 3.39.